The molecule has 0 atom stereocenters. The Morgan fingerprint density at radius 1 is 1.04 bits per heavy atom. The summed E-state index contributed by atoms with van der Waals surface area (Å²) in [7, 11) is 1.45. The van der Waals surface area contributed by atoms with Crippen molar-refractivity contribution in [2.45, 2.75) is 6.92 Å². The highest BCUT2D eigenvalue weighted by molar-refractivity contribution is 6.02. The number of ether oxygens (including phenoxy) is 1. The fraction of sp³-hybridized carbons (Fsp3) is 0.389. The molecule has 0 saturated carbocycles. The molecule has 2 amide bonds. The number of aryl methyl sites for hydroxylation is 1. The molecule has 9 heteroatoms. The molecule has 0 unspecified atom stereocenters. The second kappa shape index (κ2) is 7.56. The quantitative estimate of drug-likeness (QED) is 0.691. The highest BCUT2D eigenvalue weighted by Crippen LogP contribution is 2.14. The van der Waals surface area contributed by atoms with Gasteiger partial charge in [-0.2, -0.15) is 5.10 Å². The van der Waals surface area contributed by atoms with E-state index in [9.17, 15) is 19.2 Å². The third-order valence-corrected chi connectivity index (χ3v) is 4.55. The van der Waals surface area contributed by atoms with Gasteiger partial charge in [-0.15, -0.1) is 0 Å². The van der Waals surface area contributed by atoms with Gasteiger partial charge in [-0.3, -0.25) is 14.4 Å². The molecule has 0 N–H and O–H groups in total. The first kappa shape index (κ1) is 18.6. The number of piperazine rings is 1. The molecule has 2 aromatic rings. The van der Waals surface area contributed by atoms with Crippen molar-refractivity contribution in [3.63, 3.8) is 0 Å². The van der Waals surface area contributed by atoms with Gasteiger partial charge in [-0.1, -0.05) is 18.2 Å². The summed E-state index contributed by atoms with van der Waals surface area (Å²) in [4.78, 5) is 51.3. The van der Waals surface area contributed by atoms with Gasteiger partial charge in [-0.25, -0.2) is 9.48 Å². The fourth-order valence-electron chi connectivity index (χ4n) is 3.01. The van der Waals surface area contributed by atoms with Gasteiger partial charge in [0.1, 0.15) is 0 Å². The molecular weight excluding hydrogens is 352 g/mol. The van der Waals surface area contributed by atoms with Crippen molar-refractivity contribution in [1.29, 1.82) is 0 Å². The minimum Gasteiger partial charge on any atom is -0.451 e. The number of fused-ring (bicyclic) bond motifs is 1. The molecule has 1 saturated heterocycles. The Balaban J connectivity index is 1.68. The second-order valence-electron chi connectivity index (χ2n) is 6.29. The van der Waals surface area contributed by atoms with Gasteiger partial charge in [0.05, 0.1) is 5.39 Å². The minimum absolute atomic E-state index is 0.0121. The highest BCUT2D eigenvalue weighted by Gasteiger charge is 2.24. The zero-order chi connectivity index (χ0) is 19.6. The molecule has 0 radical (unpaired) electrons. The summed E-state index contributed by atoms with van der Waals surface area (Å²) < 4.78 is 6.20. The highest BCUT2D eigenvalue weighted by atomic mass is 16.5. The molecule has 1 aliphatic heterocycles. The lowest BCUT2D eigenvalue weighted by molar-refractivity contribution is -0.140. The van der Waals surface area contributed by atoms with Crippen molar-refractivity contribution < 1.29 is 19.1 Å². The van der Waals surface area contributed by atoms with Crippen LogP contribution < -0.4 is 5.56 Å². The van der Waals surface area contributed by atoms with Crippen LogP contribution in [0.5, 0.6) is 0 Å². The van der Waals surface area contributed by atoms with Crippen LogP contribution in [-0.4, -0.2) is 70.1 Å². The molecular formula is C18H20N4O5. The van der Waals surface area contributed by atoms with E-state index < -0.39 is 12.6 Å². The number of hydrogen-bond donors (Lipinski definition) is 0. The van der Waals surface area contributed by atoms with Crippen LogP contribution in [-0.2, 0) is 21.4 Å². The second-order valence-corrected chi connectivity index (χ2v) is 6.29. The summed E-state index contributed by atoms with van der Waals surface area (Å²) in [6, 6.07) is 6.61. The van der Waals surface area contributed by atoms with E-state index in [1.807, 2.05) is 0 Å². The van der Waals surface area contributed by atoms with Crippen molar-refractivity contribution in [3.05, 3.63) is 40.3 Å². The molecule has 1 aromatic heterocycles. The van der Waals surface area contributed by atoms with Gasteiger partial charge < -0.3 is 14.5 Å². The van der Waals surface area contributed by atoms with E-state index in [1.165, 1.54) is 14.0 Å². The molecule has 1 fully saturated rings. The topological polar surface area (TPSA) is 102 Å². The van der Waals surface area contributed by atoms with Crippen LogP contribution >= 0.6 is 0 Å². The molecule has 0 aliphatic carbocycles. The zero-order valence-electron chi connectivity index (χ0n) is 15.2. The Hall–Kier alpha value is -3.23. The molecule has 0 bridgehead atoms. The van der Waals surface area contributed by atoms with Gasteiger partial charge in [-0.05, 0) is 6.07 Å². The number of aromatic nitrogens is 2. The van der Waals surface area contributed by atoms with E-state index in [0.29, 0.717) is 37.0 Å². The predicted octanol–water partition coefficient (Wildman–Crippen LogP) is -0.219. The monoisotopic (exact) mass is 372 g/mol. The summed E-state index contributed by atoms with van der Waals surface area (Å²) in [6.45, 7) is 2.79. The summed E-state index contributed by atoms with van der Waals surface area (Å²) in [5.74, 6) is -1.13. The van der Waals surface area contributed by atoms with Crippen LogP contribution in [0.1, 0.15) is 17.4 Å². The number of carbonyl (C=O) groups excluding carboxylic acids is 3. The van der Waals surface area contributed by atoms with Crippen LogP contribution in [0.15, 0.2) is 29.1 Å². The SMILES string of the molecule is CC(=O)N1CCN(C(=O)COC(=O)c2nn(C)c(=O)c3ccccc23)CC1. The van der Waals surface area contributed by atoms with Crippen LogP contribution in [0.4, 0.5) is 0 Å². The van der Waals surface area contributed by atoms with Crippen LogP contribution in [0.2, 0.25) is 0 Å². The molecule has 2 heterocycles. The summed E-state index contributed by atoms with van der Waals surface area (Å²) in [5.41, 5.74) is -0.330. The third kappa shape index (κ3) is 3.81. The van der Waals surface area contributed by atoms with E-state index in [0.717, 1.165) is 4.68 Å². The number of rotatable bonds is 3. The number of carbonyl (C=O) groups is 3. The van der Waals surface area contributed by atoms with Crippen molar-refractivity contribution in [1.82, 2.24) is 19.6 Å². The largest absolute Gasteiger partial charge is 0.451 e. The van der Waals surface area contributed by atoms with Gasteiger partial charge in [0.25, 0.3) is 11.5 Å². The Morgan fingerprint density at radius 2 is 1.63 bits per heavy atom. The number of benzene rings is 1. The lowest BCUT2D eigenvalue weighted by Gasteiger charge is -2.34. The minimum atomic E-state index is -0.766. The maximum Gasteiger partial charge on any atom is 0.359 e. The summed E-state index contributed by atoms with van der Waals surface area (Å²) >= 11 is 0. The van der Waals surface area contributed by atoms with Crippen LogP contribution in [0, 0.1) is 0 Å². The zero-order valence-corrected chi connectivity index (χ0v) is 15.2. The Morgan fingerprint density at radius 3 is 2.26 bits per heavy atom. The molecule has 27 heavy (non-hydrogen) atoms. The Bertz CT molecular complexity index is 960. The number of hydrogen-bond acceptors (Lipinski definition) is 6. The fourth-order valence-corrected chi connectivity index (χ4v) is 3.01. The Kier molecular flexibility index (Phi) is 5.20. The standard InChI is InChI=1S/C18H20N4O5/c1-12(23)21-7-9-22(10-8-21)15(24)11-27-18(26)16-13-5-3-4-6-14(13)17(25)20(2)19-16/h3-6H,7-11H2,1-2H3. The van der Waals surface area contributed by atoms with E-state index >= 15 is 0 Å². The lowest BCUT2D eigenvalue weighted by Crippen LogP contribution is -2.51. The first-order chi connectivity index (χ1) is 12.9. The lowest BCUT2D eigenvalue weighted by atomic mass is 10.1. The Labute approximate surface area is 155 Å². The maximum absolute atomic E-state index is 12.4. The average molecular weight is 372 g/mol. The van der Waals surface area contributed by atoms with Gasteiger partial charge >= 0.3 is 5.97 Å². The number of amides is 2. The number of nitrogens with zero attached hydrogens (tertiary/aromatic N) is 4. The first-order valence-electron chi connectivity index (χ1n) is 8.55. The molecule has 9 nitrogen and oxygen atoms in total. The molecule has 0 spiro atoms. The smallest absolute Gasteiger partial charge is 0.359 e. The average Bonchev–Trinajstić information content (AvgIpc) is 2.68. The normalized spacial score (nSPS) is 14.3. The third-order valence-electron chi connectivity index (χ3n) is 4.55. The summed E-state index contributed by atoms with van der Waals surface area (Å²) in [5, 5.41) is 4.72. The van der Waals surface area contributed by atoms with Gasteiger partial charge in [0, 0.05) is 45.5 Å². The number of esters is 1. The molecule has 1 aromatic carbocycles. The summed E-state index contributed by atoms with van der Waals surface area (Å²) in [6.07, 6.45) is 0. The van der Waals surface area contributed by atoms with E-state index in [-0.39, 0.29) is 23.1 Å². The van der Waals surface area contributed by atoms with Crippen LogP contribution in [0.25, 0.3) is 10.8 Å². The molecule has 3 rings (SSSR count). The van der Waals surface area contributed by atoms with Crippen molar-refractivity contribution >= 4 is 28.6 Å². The van der Waals surface area contributed by atoms with E-state index in [4.69, 9.17) is 4.74 Å². The van der Waals surface area contributed by atoms with Gasteiger partial charge in [0.15, 0.2) is 12.3 Å². The van der Waals surface area contributed by atoms with Gasteiger partial charge in [0.2, 0.25) is 5.91 Å². The predicted molar refractivity (Wildman–Crippen MR) is 96.1 cm³/mol. The molecule has 142 valence electrons. The van der Waals surface area contributed by atoms with E-state index in [1.54, 1.807) is 34.1 Å². The van der Waals surface area contributed by atoms with Crippen molar-refractivity contribution in [2.75, 3.05) is 32.8 Å². The van der Waals surface area contributed by atoms with Crippen molar-refractivity contribution in [2.24, 2.45) is 7.05 Å². The first-order valence-corrected chi connectivity index (χ1v) is 8.55. The molecule has 1 aliphatic rings. The van der Waals surface area contributed by atoms with Crippen molar-refractivity contribution in [3.8, 4) is 0 Å². The maximum atomic E-state index is 12.4. The van der Waals surface area contributed by atoms with Crippen LogP contribution in [0.3, 0.4) is 0 Å². The van der Waals surface area contributed by atoms with E-state index in [2.05, 4.69) is 5.10 Å².